The normalized spacial score (nSPS) is 24.8. The van der Waals surface area contributed by atoms with Crippen LogP contribution in [0.5, 0.6) is 5.75 Å². The predicted octanol–water partition coefficient (Wildman–Crippen LogP) is 3.87. The lowest BCUT2D eigenvalue weighted by Crippen LogP contribution is -2.42. The number of halogens is 1. The molecule has 2 heterocycles. The second-order valence-corrected chi connectivity index (χ2v) is 7.85. The maximum Gasteiger partial charge on any atom is 0.120 e. The molecule has 2 atom stereocenters. The molecule has 0 spiro atoms. The van der Waals surface area contributed by atoms with Crippen LogP contribution in [0.4, 0.5) is 0 Å². The molecular weight excluding hydrogens is 346 g/mol. The van der Waals surface area contributed by atoms with Crippen LogP contribution in [-0.2, 0) is 6.54 Å². The number of nitrogens with zero attached hydrogens (tertiary/aromatic N) is 1. The Kier molecular flexibility index (Phi) is 5.46. The van der Waals surface area contributed by atoms with Crippen molar-refractivity contribution < 1.29 is 5.11 Å². The molecule has 4 nitrogen and oxygen atoms in total. The number of hydrazine groups is 1. The standard InChI is InChI=1S/C21H26ClN3O/c22-18-7-3-2-6-17(18)20-13-19(23-24-20)15-9-11-25(12-10-15)14-16-5-1-4-8-21(16)26/h1-8,15,19-20,23-24,26H,9-14H2. The van der Waals surface area contributed by atoms with Gasteiger partial charge in [0, 0.05) is 29.2 Å². The van der Waals surface area contributed by atoms with E-state index in [-0.39, 0.29) is 6.04 Å². The van der Waals surface area contributed by atoms with Gasteiger partial charge >= 0.3 is 0 Å². The molecule has 2 unspecified atom stereocenters. The largest absolute Gasteiger partial charge is 0.508 e. The lowest BCUT2D eigenvalue weighted by molar-refractivity contribution is 0.154. The van der Waals surface area contributed by atoms with Crippen molar-refractivity contribution in [2.24, 2.45) is 5.92 Å². The van der Waals surface area contributed by atoms with Gasteiger partial charge < -0.3 is 5.11 Å². The van der Waals surface area contributed by atoms with Gasteiger partial charge in [-0.05, 0) is 56.0 Å². The van der Waals surface area contributed by atoms with Crippen LogP contribution in [0, 0.1) is 5.92 Å². The summed E-state index contributed by atoms with van der Waals surface area (Å²) in [5, 5.41) is 10.8. The molecule has 4 rings (SSSR count). The van der Waals surface area contributed by atoms with E-state index in [9.17, 15) is 5.11 Å². The van der Waals surface area contributed by atoms with Crippen molar-refractivity contribution in [1.29, 1.82) is 0 Å². The van der Waals surface area contributed by atoms with Crippen molar-refractivity contribution in [3.05, 3.63) is 64.7 Å². The zero-order valence-corrected chi connectivity index (χ0v) is 15.6. The summed E-state index contributed by atoms with van der Waals surface area (Å²) in [5.41, 5.74) is 9.15. The predicted molar refractivity (Wildman–Crippen MR) is 105 cm³/mol. The molecule has 0 aromatic heterocycles. The highest BCUT2D eigenvalue weighted by Gasteiger charge is 2.33. The van der Waals surface area contributed by atoms with Gasteiger partial charge in [-0.1, -0.05) is 48.0 Å². The second-order valence-electron chi connectivity index (χ2n) is 7.45. The molecule has 2 aromatic carbocycles. The summed E-state index contributed by atoms with van der Waals surface area (Å²) in [6.07, 6.45) is 3.44. The number of phenolic OH excluding ortho intramolecular Hbond substituents is 1. The molecule has 2 aliphatic heterocycles. The molecule has 2 fully saturated rings. The van der Waals surface area contributed by atoms with Crippen molar-refractivity contribution in [3.63, 3.8) is 0 Å². The van der Waals surface area contributed by atoms with Crippen LogP contribution in [0.3, 0.4) is 0 Å². The molecule has 0 saturated carbocycles. The van der Waals surface area contributed by atoms with Gasteiger partial charge in [0.25, 0.3) is 0 Å². The molecule has 0 amide bonds. The van der Waals surface area contributed by atoms with E-state index in [0.29, 0.717) is 17.7 Å². The van der Waals surface area contributed by atoms with E-state index in [1.807, 2.05) is 36.4 Å². The number of aromatic hydroxyl groups is 1. The highest BCUT2D eigenvalue weighted by Crippen LogP contribution is 2.33. The number of benzene rings is 2. The molecule has 3 N–H and O–H groups in total. The highest BCUT2D eigenvalue weighted by atomic mass is 35.5. The monoisotopic (exact) mass is 371 g/mol. The number of rotatable bonds is 4. The molecular formula is C21H26ClN3O. The van der Waals surface area contributed by atoms with Crippen LogP contribution in [0.2, 0.25) is 5.02 Å². The molecule has 26 heavy (non-hydrogen) atoms. The van der Waals surface area contributed by atoms with E-state index < -0.39 is 0 Å². The van der Waals surface area contributed by atoms with E-state index in [0.717, 1.165) is 36.6 Å². The van der Waals surface area contributed by atoms with Crippen molar-refractivity contribution in [1.82, 2.24) is 15.8 Å². The van der Waals surface area contributed by atoms with Gasteiger partial charge in [-0.3, -0.25) is 10.3 Å². The minimum absolute atomic E-state index is 0.285. The second kappa shape index (κ2) is 7.97. The Balaban J connectivity index is 1.30. The SMILES string of the molecule is Oc1ccccc1CN1CCC(C2CC(c3ccccc3Cl)NN2)CC1. The van der Waals surface area contributed by atoms with Gasteiger partial charge in [-0.2, -0.15) is 0 Å². The smallest absolute Gasteiger partial charge is 0.120 e. The number of nitrogens with one attached hydrogen (secondary N) is 2. The summed E-state index contributed by atoms with van der Waals surface area (Å²) < 4.78 is 0. The summed E-state index contributed by atoms with van der Waals surface area (Å²) in [6.45, 7) is 2.99. The summed E-state index contributed by atoms with van der Waals surface area (Å²) in [5.74, 6) is 1.08. The Labute approximate surface area is 160 Å². The van der Waals surface area contributed by atoms with Crippen LogP contribution >= 0.6 is 11.6 Å². The van der Waals surface area contributed by atoms with Gasteiger partial charge in [-0.15, -0.1) is 0 Å². The minimum Gasteiger partial charge on any atom is -0.508 e. The third kappa shape index (κ3) is 3.89. The lowest BCUT2D eigenvalue weighted by atomic mass is 9.86. The molecule has 138 valence electrons. The zero-order chi connectivity index (χ0) is 17.9. The molecule has 2 aliphatic rings. The summed E-state index contributed by atoms with van der Waals surface area (Å²) in [6, 6.07) is 16.5. The van der Waals surface area contributed by atoms with Crippen LogP contribution in [0.1, 0.15) is 36.4 Å². The fourth-order valence-corrected chi connectivity index (χ4v) is 4.52. The van der Waals surface area contributed by atoms with Gasteiger partial charge in [0.05, 0.1) is 0 Å². The first-order chi connectivity index (χ1) is 12.7. The Hall–Kier alpha value is -1.59. The molecule has 2 aromatic rings. The van der Waals surface area contributed by atoms with E-state index in [1.165, 1.54) is 18.4 Å². The first-order valence-corrected chi connectivity index (χ1v) is 9.83. The fourth-order valence-electron chi connectivity index (χ4n) is 4.25. The molecule has 0 bridgehead atoms. The Bertz CT molecular complexity index is 746. The minimum atomic E-state index is 0.285. The maximum absolute atomic E-state index is 9.97. The van der Waals surface area contributed by atoms with E-state index in [2.05, 4.69) is 21.8 Å². The Morgan fingerprint density at radius 1 is 1.00 bits per heavy atom. The number of piperidine rings is 1. The van der Waals surface area contributed by atoms with Crippen molar-refractivity contribution in [3.8, 4) is 5.75 Å². The molecule has 0 radical (unpaired) electrons. The highest BCUT2D eigenvalue weighted by molar-refractivity contribution is 6.31. The van der Waals surface area contributed by atoms with Gasteiger partial charge in [0.15, 0.2) is 0 Å². The van der Waals surface area contributed by atoms with E-state index in [1.54, 1.807) is 6.07 Å². The van der Waals surface area contributed by atoms with E-state index >= 15 is 0 Å². The summed E-state index contributed by atoms with van der Waals surface area (Å²) >= 11 is 6.35. The van der Waals surface area contributed by atoms with Crippen LogP contribution < -0.4 is 10.9 Å². The van der Waals surface area contributed by atoms with Gasteiger partial charge in [0.1, 0.15) is 5.75 Å². The number of hydrogen-bond acceptors (Lipinski definition) is 4. The molecule has 5 heteroatoms. The average molecular weight is 372 g/mol. The maximum atomic E-state index is 9.97. The first-order valence-electron chi connectivity index (χ1n) is 9.45. The van der Waals surface area contributed by atoms with Gasteiger partial charge in [0.2, 0.25) is 0 Å². The van der Waals surface area contributed by atoms with E-state index in [4.69, 9.17) is 11.6 Å². The lowest BCUT2D eigenvalue weighted by Gasteiger charge is -2.34. The summed E-state index contributed by atoms with van der Waals surface area (Å²) in [4.78, 5) is 2.44. The third-order valence-corrected chi connectivity index (χ3v) is 6.14. The van der Waals surface area contributed by atoms with Crippen molar-refractivity contribution >= 4 is 11.6 Å². The van der Waals surface area contributed by atoms with Crippen molar-refractivity contribution in [2.75, 3.05) is 13.1 Å². The topological polar surface area (TPSA) is 47.5 Å². The first kappa shape index (κ1) is 17.8. The van der Waals surface area contributed by atoms with Crippen LogP contribution in [-0.4, -0.2) is 29.1 Å². The number of likely N-dealkylation sites (tertiary alicyclic amines) is 1. The number of para-hydroxylation sites is 1. The average Bonchev–Trinajstić information content (AvgIpc) is 3.14. The third-order valence-electron chi connectivity index (χ3n) is 5.80. The molecule has 0 aliphatic carbocycles. The number of hydrogen-bond donors (Lipinski definition) is 3. The molecule has 2 saturated heterocycles. The number of phenols is 1. The van der Waals surface area contributed by atoms with Crippen LogP contribution in [0.15, 0.2) is 48.5 Å². The van der Waals surface area contributed by atoms with Gasteiger partial charge in [-0.25, -0.2) is 5.43 Å². The van der Waals surface area contributed by atoms with Crippen LogP contribution in [0.25, 0.3) is 0 Å². The Morgan fingerprint density at radius 3 is 2.50 bits per heavy atom. The van der Waals surface area contributed by atoms with Crippen molar-refractivity contribution in [2.45, 2.75) is 37.9 Å². The summed E-state index contributed by atoms with van der Waals surface area (Å²) in [7, 11) is 0. The quantitative estimate of drug-likeness (QED) is 0.763. The zero-order valence-electron chi connectivity index (χ0n) is 14.9. The Morgan fingerprint density at radius 2 is 1.73 bits per heavy atom. The fraction of sp³-hybridized carbons (Fsp3) is 0.429.